The van der Waals surface area contributed by atoms with Gasteiger partial charge in [0.05, 0.1) is 13.7 Å². The highest BCUT2D eigenvalue weighted by molar-refractivity contribution is 5.80. The van der Waals surface area contributed by atoms with E-state index in [9.17, 15) is 9.59 Å². The average molecular weight is 245 g/mol. The van der Waals surface area contributed by atoms with Gasteiger partial charge >= 0.3 is 12.1 Å². The minimum Gasteiger partial charge on any atom is -0.464 e. The number of carbonyl (C=O) groups is 2. The van der Waals surface area contributed by atoms with E-state index in [0.717, 1.165) is 12.8 Å². The summed E-state index contributed by atoms with van der Waals surface area (Å²) >= 11 is 0. The van der Waals surface area contributed by atoms with Crippen molar-refractivity contribution in [2.24, 2.45) is 0 Å². The summed E-state index contributed by atoms with van der Waals surface area (Å²) in [6, 6.07) is -0.668. The second-order valence-corrected chi connectivity index (χ2v) is 3.94. The van der Waals surface area contributed by atoms with Crippen molar-refractivity contribution in [3.8, 4) is 0 Å². The maximum atomic E-state index is 11.4. The molecule has 0 heterocycles. The Labute approximate surface area is 103 Å². The largest absolute Gasteiger partial charge is 0.464 e. The first-order valence-electron chi connectivity index (χ1n) is 6.13. The summed E-state index contributed by atoms with van der Waals surface area (Å²) in [4.78, 5) is 22.2. The van der Waals surface area contributed by atoms with Crippen LogP contribution in [0, 0.1) is 0 Å². The standard InChI is InChI=1S/C12H23NO4/c1-4-5-6-7-8-9-17-11(14)10(2)13-12(15)16-3/h10H,4-9H2,1-3H3,(H,13,15)/t10-/m0/s1. The van der Waals surface area contributed by atoms with E-state index < -0.39 is 18.1 Å². The molecule has 0 radical (unpaired) electrons. The Morgan fingerprint density at radius 3 is 2.41 bits per heavy atom. The molecule has 1 amide bonds. The lowest BCUT2D eigenvalue weighted by atomic mass is 10.2. The molecule has 17 heavy (non-hydrogen) atoms. The minimum atomic E-state index is -0.668. The normalized spacial score (nSPS) is 11.7. The molecule has 1 atom stereocenters. The smallest absolute Gasteiger partial charge is 0.407 e. The number of amides is 1. The first-order valence-corrected chi connectivity index (χ1v) is 6.13. The van der Waals surface area contributed by atoms with Crippen molar-refractivity contribution in [2.45, 2.75) is 52.0 Å². The number of esters is 1. The highest BCUT2D eigenvalue weighted by Crippen LogP contribution is 2.02. The van der Waals surface area contributed by atoms with Crippen molar-refractivity contribution in [3.63, 3.8) is 0 Å². The molecule has 1 N–H and O–H groups in total. The van der Waals surface area contributed by atoms with E-state index in [4.69, 9.17) is 4.74 Å². The number of hydrogen-bond donors (Lipinski definition) is 1. The van der Waals surface area contributed by atoms with Gasteiger partial charge in [0, 0.05) is 0 Å². The first kappa shape index (κ1) is 15.7. The second kappa shape index (κ2) is 9.93. The van der Waals surface area contributed by atoms with Crippen LogP contribution in [0.15, 0.2) is 0 Å². The number of ether oxygens (including phenoxy) is 2. The van der Waals surface area contributed by atoms with E-state index in [-0.39, 0.29) is 0 Å². The van der Waals surface area contributed by atoms with Gasteiger partial charge in [0.15, 0.2) is 0 Å². The van der Waals surface area contributed by atoms with Crippen LogP contribution in [0.3, 0.4) is 0 Å². The molecule has 100 valence electrons. The monoisotopic (exact) mass is 245 g/mol. The van der Waals surface area contributed by atoms with Crippen molar-refractivity contribution in [3.05, 3.63) is 0 Å². The van der Waals surface area contributed by atoms with Crippen molar-refractivity contribution in [2.75, 3.05) is 13.7 Å². The Kier molecular flexibility index (Phi) is 9.19. The van der Waals surface area contributed by atoms with Crippen molar-refractivity contribution >= 4 is 12.1 Å². The average Bonchev–Trinajstić information content (AvgIpc) is 2.32. The van der Waals surface area contributed by atoms with E-state index in [1.165, 1.54) is 26.4 Å². The summed E-state index contributed by atoms with van der Waals surface area (Å²) < 4.78 is 9.40. The van der Waals surface area contributed by atoms with Gasteiger partial charge in [-0.1, -0.05) is 32.6 Å². The van der Waals surface area contributed by atoms with E-state index >= 15 is 0 Å². The van der Waals surface area contributed by atoms with Crippen molar-refractivity contribution in [1.29, 1.82) is 0 Å². The number of methoxy groups -OCH3 is 1. The summed E-state index contributed by atoms with van der Waals surface area (Å²) in [6.07, 6.45) is 4.90. The van der Waals surface area contributed by atoms with Gasteiger partial charge in [-0.3, -0.25) is 0 Å². The van der Waals surface area contributed by atoms with Gasteiger partial charge in [0.25, 0.3) is 0 Å². The third kappa shape index (κ3) is 8.54. The van der Waals surface area contributed by atoms with Gasteiger partial charge in [0.1, 0.15) is 6.04 Å². The van der Waals surface area contributed by atoms with Gasteiger partial charge in [-0.05, 0) is 13.3 Å². The van der Waals surface area contributed by atoms with Gasteiger partial charge in [-0.2, -0.15) is 0 Å². The van der Waals surface area contributed by atoms with Gasteiger partial charge in [0.2, 0.25) is 0 Å². The molecule has 0 saturated heterocycles. The summed E-state index contributed by atoms with van der Waals surface area (Å²) in [5.41, 5.74) is 0. The second-order valence-electron chi connectivity index (χ2n) is 3.94. The molecule has 0 spiro atoms. The van der Waals surface area contributed by atoms with Crippen LogP contribution in [0.1, 0.15) is 46.0 Å². The number of hydrogen-bond acceptors (Lipinski definition) is 4. The minimum absolute atomic E-state index is 0.412. The van der Waals surface area contributed by atoms with Crippen LogP contribution in [-0.2, 0) is 14.3 Å². The van der Waals surface area contributed by atoms with Crippen LogP contribution in [0.4, 0.5) is 4.79 Å². The van der Waals surface area contributed by atoms with Crippen molar-refractivity contribution < 1.29 is 19.1 Å². The first-order chi connectivity index (χ1) is 8.11. The Morgan fingerprint density at radius 2 is 1.82 bits per heavy atom. The molecule has 0 saturated carbocycles. The van der Waals surface area contributed by atoms with E-state index in [1.54, 1.807) is 6.92 Å². The van der Waals surface area contributed by atoms with Crippen LogP contribution in [-0.4, -0.2) is 31.8 Å². The highest BCUT2D eigenvalue weighted by atomic mass is 16.5. The summed E-state index contributed by atoms with van der Waals surface area (Å²) in [6.45, 7) is 4.13. The van der Waals surface area contributed by atoms with Gasteiger partial charge < -0.3 is 14.8 Å². The molecule has 0 rings (SSSR count). The van der Waals surface area contributed by atoms with Crippen molar-refractivity contribution in [1.82, 2.24) is 5.32 Å². The number of unbranched alkanes of at least 4 members (excludes halogenated alkanes) is 4. The van der Waals surface area contributed by atoms with E-state index in [1.807, 2.05) is 0 Å². The van der Waals surface area contributed by atoms with Crippen LogP contribution < -0.4 is 5.32 Å². The number of alkyl carbamates (subject to hydrolysis) is 1. The van der Waals surface area contributed by atoms with Crippen LogP contribution in [0.5, 0.6) is 0 Å². The molecular formula is C12H23NO4. The highest BCUT2D eigenvalue weighted by Gasteiger charge is 2.16. The zero-order valence-corrected chi connectivity index (χ0v) is 11.0. The third-order valence-corrected chi connectivity index (χ3v) is 2.37. The fraction of sp³-hybridized carbons (Fsp3) is 0.833. The molecule has 0 bridgehead atoms. The topological polar surface area (TPSA) is 64.6 Å². The summed E-state index contributed by atoms with van der Waals surface area (Å²) in [5, 5.41) is 2.35. The molecule has 5 nitrogen and oxygen atoms in total. The SMILES string of the molecule is CCCCCCCOC(=O)[C@H](C)NC(=O)OC. The molecule has 0 fully saturated rings. The molecule has 0 aromatic carbocycles. The van der Waals surface area contributed by atoms with E-state index in [2.05, 4.69) is 17.0 Å². The Morgan fingerprint density at radius 1 is 1.18 bits per heavy atom. The predicted molar refractivity (Wildman–Crippen MR) is 64.7 cm³/mol. The van der Waals surface area contributed by atoms with Gasteiger partial charge in [-0.25, -0.2) is 9.59 Å². The van der Waals surface area contributed by atoms with Crippen LogP contribution in [0.25, 0.3) is 0 Å². The quantitative estimate of drug-likeness (QED) is 0.526. The van der Waals surface area contributed by atoms with Crippen LogP contribution >= 0.6 is 0 Å². The molecule has 0 aliphatic heterocycles. The number of rotatable bonds is 8. The Bertz CT molecular complexity index is 231. The predicted octanol–water partition coefficient (Wildman–Crippen LogP) is 2.24. The molecule has 5 heteroatoms. The number of nitrogens with one attached hydrogen (secondary N) is 1. The lowest BCUT2D eigenvalue weighted by Gasteiger charge is -2.12. The zero-order chi connectivity index (χ0) is 13.1. The maximum absolute atomic E-state index is 11.4. The summed E-state index contributed by atoms with van der Waals surface area (Å²) in [7, 11) is 1.25. The Hall–Kier alpha value is -1.26. The van der Waals surface area contributed by atoms with E-state index in [0.29, 0.717) is 6.61 Å². The number of carbonyl (C=O) groups excluding carboxylic acids is 2. The lowest BCUT2D eigenvalue weighted by Crippen LogP contribution is -2.39. The molecule has 0 aromatic rings. The molecule has 0 aliphatic carbocycles. The Balaban J connectivity index is 3.54. The lowest BCUT2D eigenvalue weighted by molar-refractivity contribution is -0.145. The zero-order valence-electron chi connectivity index (χ0n) is 11.0. The molecule has 0 aromatic heterocycles. The fourth-order valence-electron chi connectivity index (χ4n) is 1.30. The fourth-order valence-corrected chi connectivity index (χ4v) is 1.30. The maximum Gasteiger partial charge on any atom is 0.407 e. The summed E-state index contributed by atoms with van der Waals surface area (Å²) in [5.74, 6) is -0.425. The molecule has 0 aliphatic rings. The molecule has 0 unspecified atom stereocenters. The van der Waals surface area contributed by atoms with Gasteiger partial charge in [-0.15, -0.1) is 0 Å². The molecular weight excluding hydrogens is 222 g/mol. The third-order valence-electron chi connectivity index (χ3n) is 2.37. The van der Waals surface area contributed by atoms with Crippen LogP contribution in [0.2, 0.25) is 0 Å².